The van der Waals surface area contributed by atoms with Crippen molar-refractivity contribution in [3.63, 3.8) is 0 Å². The van der Waals surface area contributed by atoms with Crippen molar-refractivity contribution in [3.8, 4) is 0 Å². The summed E-state index contributed by atoms with van der Waals surface area (Å²) in [7, 11) is -3.62. The highest BCUT2D eigenvalue weighted by Gasteiger charge is 2.33. The van der Waals surface area contributed by atoms with Gasteiger partial charge in [0, 0.05) is 42.2 Å². The van der Waals surface area contributed by atoms with Gasteiger partial charge in [0.15, 0.2) is 0 Å². The van der Waals surface area contributed by atoms with Crippen LogP contribution in [0.4, 0.5) is 5.00 Å². The highest BCUT2D eigenvalue weighted by Crippen LogP contribution is 2.37. The lowest BCUT2D eigenvalue weighted by Gasteiger charge is -2.34. The van der Waals surface area contributed by atoms with Crippen LogP contribution in [0.25, 0.3) is 0 Å². The van der Waals surface area contributed by atoms with Gasteiger partial charge < -0.3 is 11.1 Å². The summed E-state index contributed by atoms with van der Waals surface area (Å²) in [6.45, 7) is 8.35. The van der Waals surface area contributed by atoms with Crippen LogP contribution in [-0.2, 0) is 23.0 Å². The highest BCUT2D eigenvalue weighted by molar-refractivity contribution is 7.89. The summed E-state index contributed by atoms with van der Waals surface area (Å²) in [6.07, 6.45) is 4.26. The zero-order valence-corrected chi connectivity index (χ0v) is 22.2. The summed E-state index contributed by atoms with van der Waals surface area (Å²) in [5, 5.41) is 3.30. The molecule has 1 unspecified atom stereocenters. The first kappa shape index (κ1) is 25.8. The maximum atomic E-state index is 13.2. The number of piperidine rings is 1. The van der Waals surface area contributed by atoms with E-state index in [4.69, 9.17) is 5.73 Å². The third-order valence-corrected chi connectivity index (χ3v) is 10.2. The van der Waals surface area contributed by atoms with Crippen LogP contribution in [0.5, 0.6) is 0 Å². The van der Waals surface area contributed by atoms with E-state index in [0.29, 0.717) is 35.1 Å². The average Bonchev–Trinajstić information content (AvgIpc) is 3.21. The molecule has 0 aliphatic carbocycles. The number of nitrogens with one attached hydrogen (secondary N) is 1. The van der Waals surface area contributed by atoms with Crippen molar-refractivity contribution in [3.05, 3.63) is 45.8 Å². The van der Waals surface area contributed by atoms with Crippen molar-refractivity contribution >= 4 is 38.2 Å². The van der Waals surface area contributed by atoms with Gasteiger partial charge in [0.25, 0.3) is 11.8 Å². The molecule has 1 aromatic carbocycles. The fourth-order valence-corrected chi connectivity index (χ4v) is 8.04. The normalized spacial score (nSPS) is 19.5. The van der Waals surface area contributed by atoms with Crippen molar-refractivity contribution < 1.29 is 18.0 Å². The van der Waals surface area contributed by atoms with E-state index in [9.17, 15) is 18.0 Å². The number of nitrogens with zero attached hydrogens (tertiary/aromatic N) is 2. The summed E-state index contributed by atoms with van der Waals surface area (Å²) in [5.41, 5.74) is 7.31. The molecule has 35 heavy (non-hydrogen) atoms. The first-order valence-electron chi connectivity index (χ1n) is 12.2. The SMILES string of the molecule is CCC1CCCCN1S(=O)(=O)c1ccc(C(=O)Nc2sc3c(c2C(N)=O)CCN(C(C)C)C3)cc1. The zero-order valence-electron chi connectivity index (χ0n) is 20.5. The monoisotopic (exact) mass is 518 g/mol. The zero-order chi connectivity index (χ0) is 25.3. The van der Waals surface area contributed by atoms with Gasteiger partial charge in [0.05, 0.1) is 10.5 Å². The first-order chi connectivity index (χ1) is 16.6. The second-order valence-corrected chi connectivity index (χ2v) is 12.5. The van der Waals surface area contributed by atoms with E-state index in [1.807, 2.05) is 6.92 Å². The van der Waals surface area contributed by atoms with Crippen molar-refractivity contribution in [2.45, 2.75) is 76.4 Å². The summed E-state index contributed by atoms with van der Waals surface area (Å²) in [6, 6.07) is 6.41. The molecule has 0 saturated carbocycles. The number of carbonyl (C=O) groups is 2. The minimum atomic E-state index is -3.62. The van der Waals surface area contributed by atoms with Crippen LogP contribution < -0.4 is 11.1 Å². The molecule has 8 nitrogen and oxygen atoms in total. The molecule has 10 heteroatoms. The average molecular weight is 519 g/mol. The molecule has 0 bridgehead atoms. The number of benzene rings is 1. The number of carbonyl (C=O) groups excluding carboxylic acids is 2. The number of anilines is 1. The van der Waals surface area contributed by atoms with Gasteiger partial charge in [-0.15, -0.1) is 11.3 Å². The second kappa shape index (κ2) is 10.4. The second-order valence-electron chi connectivity index (χ2n) is 9.54. The van der Waals surface area contributed by atoms with Gasteiger partial charge in [0.2, 0.25) is 10.0 Å². The molecule has 2 aliphatic rings. The molecule has 3 N–H and O–H groups in total. The van der Waals surface area contributed by atoms with E-state index in [-0.39, 0.29) is 10.9 Å². The molecule has 2 amide bonds. The molecule has 1 atom stereocenters. The number of primary amides is 1. The largest absolute Gasteiger partial charge is 0.365 e. The van der Waals surface area contributed by atoms with E-state index in [0.717, 1.165) is 49.2 Å². The van der Waals surface area contributed by atoms with Gasteiger partial charge >= 0.3 is 0 Å². The Morgan fingerprint density at radius 2 is 1.89 bits per heavy atom. The van der Waals surface area contributed by atoms with Crippen LogP contribution in [-0.4, -0.2) is 54.6 Å². The summed E-state index contributed by atoms with van der Waals surface area (Å²) in [4.78, 5) is 28.8. The molecular formula is C25H34N4O4S2. The summed E-state index contributed by atoms with van der Waals surface area (Å²) >= 11 is 1.39. The lowest BCUT2D eigenvalue weighted by atomic mass is 10.0. The van der Waals surface area contributed by atoms with Crippen molar-refractivity contribution in [1.29, 1.82) is 0 Å². The minimum absolute atomic E-state index is 0.0143. The van der Waals surface area contributed by atoms with Crippen LogP contribution in [0.15, 0.2) is 29.2 Å². The summed E-state index contributed by atoms with van der Waals surface area (Å²) < 4.78 is 28.0. The third-order valence-electron chi connectivity index (χ3n) is 7.06. The quantitative estimate of drug-likeness (QED) is 0.579. The van der Waals surface area contributed by atoms with Crippen LogP contribution in [0.1, 0.15) is 77.6 Å². The Balaban J connectivity index is 1.54. The topological polar surface area (TPSA) is 113 Å². The number of amides is 2. The number of rotatable bonds is 7. The Kier molecular flexibility index (Phi) is 7.65. The predicted octanol–water partition coefficient (Wildman–Crippen LogP) is 3.82. The molecule has 1 fully saturated rings. The number of hydrogen-bond acceptors (Lipinski definition) is 6. The van der Waals surface area contributed by atoms with Crippen molar-refractivity contribution in [2.75, 3.05) is 18.4 Å². The Bertz CT molecular complexity index is 1200. The molecule has 2 aromatic rings. The van der Waals surface area contributed by atoms with Gasteiger partial charge in [-0.3, -0.25) is 14.5 Å². The van der Waals surface area contributed by atoms with Gasteiger partial charge in [-0.25, -0.2) is 8.42 Å². The van der Waals surface area contributed by atoms with Gasteiger partial charge in [-0.1, -0.05) is 13.3 Å². The maximum Gasteiger partial charge on any atom is 0.256 e. The fourth-order valence-electron chi connectivity index (χ4n) is 5.00. The molecule has 1 saturated heterocycles. The standard InChI is InChI=1S/C25H34N4O4S2/c1-4-18-7-5-6-13-29(18)35(32,33)19-10-8-17(9-11-19)24(31)27-25-22(23(26)30)20-12-14-28(16(2)3)15-21(20)34-25/h8-11,16,18H,4-7,12-15H2,1-3H3,(H2,26,30)(H,27,31). The van der Waals surface area contributed by atoms with Crippen LogP contribution in [0.3, 0.4) is 0 Å². The molecule has 3 heterocycles. The Labute approximate surface area is 211 Å². The Hall–Kier alpha value is -2.27. The van der Waals surface area contributed by atoms with Crippen molar-refractivity contribution in [1.82, 2.24) is 9.21 Å². The van der Waals surface area contributed by atoms with Gasteiger partial charge in [0.1, 0.15) is 5.00 Å². The molecule has 4 rings (SSSR count). The Morgan fingerprint density at radius 1 is 1.17 bits per heavy atom. The number of fused-ring (bicyclic) bond motifs is 1. The van der Waals surface area contributed by atoms with E-state index < -0.39 is 21.8 Å². The van der Waals surface area contributed by atoms with Gasteiger partial charge in [-0.2, -0.15) is 4.31 Å². The molecule has 190 valence electrons. The number of hydrogen-bond donors (Lipinski definition) is 2. The maximum absolute atomic E-state index is 13.2. The van der Waals surface area contributed by atoms with E-state index in [1.54, 1.807) is 4.31 Å². The minimum Gasteiger partial charge on any atom is -0.365 e. The smallest absolute Gasteiger partial charge is 0.256 e. The lowest BCUT2D eigenvalue weighted by Crippen LogP contribution is -2.43. The fraction of sp³-hybridized carbons (Fsp3) is 0.520. The van der Waals surface area contributed by atoms with Crippen molar-refractivity contribution in [2.24, 2.45) is 5.73 Å². The predicted molar refractivity (Wildman–Crippen MR) is 138 cm³/mol. The number of sulfonamides is 1. The molecule has 0 radical (unpaired) electrons. The molecular weight excluding hydrogens is 484 g/mol. The first-order valence-corrected chi connectivity index (χ1v) is 14.5. The van der Waals surface area contributed by atoms with E-state index in [2.05, 4.69) is 24.1 Å². The van der Waals surface area contributed by atoms with Crippen LogP contribution in [0, 0.1) is 0 Å². The number of thiophene rings is 1. The third kappa shape index (κ3) is 5.16. The van der Waals surface area contributed by atoms with E-state index >= 15 is 0 Å². The van der Waals surface area contributed by atoms with Crippen LogP contribution in [0.2, 0.25) is 0 Å². The molecule has 2 aliphatic heterocycles. The lowest BCUT2D eigenvalue weighted by molar-refractivity contribution is 0.0999. The molecule has 1 aromatic heterocycles. The summed E-state index contributed by atoms with van der Waals surface area (Å²) in [5.74, 6) is -0.954. The van der Waals surface area contributed by atoms with Gasteiger partial charge in [-0.05, 0) is 69.4 Å². The highest BCUT2D eigenvalue weighted by atomic mass is 32.2. The van der Waals surface area contributed by atoms with E-state index in [1.165, 1.54) is 35.6 Å². The Morgan fingerprint density at radius 3 is 2.51 bits per heavy atom. The van der Waals surface area contributed by atoms with Crippen LogP contribution >= 0.6 is 11.3 Å². The molecule has 0 spiro atoms. The number of nitrogens with two attached hydrogens (primary N) is 1.